The van der Waals surface area contributed by atoms with Gasteiger partial charge in [-0.05, 0) is 41.5 Å². The second-order valence-electron chi connectivity index (χ2n) is 4.66. The first-order valence-electron chi connectivity index (χ1n) is 6.64. The van der Waals surface area contributed by atoms with Crippen LogP contribution in [0.25, 0.3) is 22.1 Å². The van der Waals surface area contributed by atoms with E-state index in [9.17, 15) is 9.59 Å². The van der Waals surface area contributed by atoms with E-state index in [4.69, 9.17) is 9.15 Å². The number of esters is 1. The van der Waals surface area contributed by atoms with Gasteiger partial charge in [-0.3, -0.25) is 0 Å². The zero-order valence-electron chi connectivity index (χ0n) is 11.6. The number of hydrogen-bond acceptors (Lipinski definition) is 4. The van der Waals surface area contributed by atoms with Crippen molar-refractivity contribution in [1.29, 1.82) is 0 Å². The quantitative estimate of drug-likeness (QED) is 0.320. The fourth-order valence-electron chi connectivity index (χ4n) is 2.15. The van der Waals surface area contributed by atoms with Crippen molar-refractivity contribution in [2.45, 2.75) is 0 Å². The summed E-state index contributed by atoms with van der Waals surface area (Å²) < 4.78 is 10.2. The topological polar surface area (TPSA) is 56.5 Å². The maximum atomic E-state index is 11.3. The van der Waals surface area contributed by atoms with E-state index in [0.717, 1.165) is 22.6 Å². The Morgan fingerprint density at radius 3 is 2.68 bits per heavy atom. The lowest BCUT2D eigenvalue weighted by Crippen LogP contribution is -2.02. The first-order valence-corrected chi connectivity index (χ1v) is 6.64. The summed E-state index contributed by atoms with van der Waals surface area (Å²) in [5.74, 6) is -0.0560. The van der Waals surface area contributed by atoms with Crippen LogP contribution in [0.15, 0.2) is 76.5 Å². The summed E-state index contributed by atoms with van der Waals surface area (Å²) in [5, 5.41) is 0.825. The number of ether oxygens (including phenoxy) is 1. The standard InChI is InChI=1S/C18H12O4/c1-2-17(19)21-15-5-3-4-12(11-15)13-6-8-16-14(10-13)7-9-18(20)22-16/h2-11H,1H2. The van der Waals surface area contributed by atoms with Crippen LogP contribution in [-0.2, 0) is 4.79 Å². The maximum absolute atomic E-state index is 11.3. The molecule has 0 radical (unpaired) electrons. The van der Waals surface area contributed by atoms with Crippen LogP contribution in [0.2, 0.25) is 0 Å². The van der Waals surface area contributed by atoms with E-state index in [-0.39, 0.29) is 5.63 Å². The van der Waals surface area contributed by atoms with E-state index in [1.54, 1.807) is 30.3 Å². The van der Waals surface area contributed by atoms with Gasteiger partial charge >= 0.3 is 11.6 Å². The van der Waals surface area contributed by atoms with E-state index in [2.05, 4.69) is 6.58 Å². The van der Waals surface area contributed by atoms with Crippen molar-refractivity contribution in [3.05, 3.63) is 77.7 Å². The molecule has 22 heavy (non-hydrogen) atoms. The lowest BCUT2D eigenvalue weighted by molar-refractivity contribution is -0.128. The van der Waals surface area contributed by atoms with Crippen LogP contribution in [-0.4, -0.2) is 5.97 Å². The molecule has 0 saturated heterocycles. The Labute approximate surface area is 126 Å². The first kappa shape index (κ1) is 13.8. The number of fused-ring (bicyclic) bond motifs is 1. The lowest BCUT2D eigenvalue weighted by atomic mass is 10.0. The molecule has 3 rings (SSSR count). The number of benzene rings is 2. The Morgan fingerprint density at radius 2 is 1.86 bits per heavy atom. The maximum Gasteiger partial charge on any atom is 0.336 e. The third-order valence-corrected chi connectivity index (χ3v) is 3.17. The molecule has 4 nitrogen and oxygen atoms in total. The van der Waals surface area contributed by atoms with Gasteiger partial charge in [0, 0.05) is 17.5 Å². The van der Waals surface area contributed by atoms with Crippen LogP contribution < -0.4 is 10.4 Å². The molecule has 4 heteroatoms. The van der Waals surface area contributed by atoms with E-state index in [1.807, 2.05) is 18.2 Å². The highest BCUT2D eigenvalue weighted by atomic mass is 16.5. The first-order chi connectivity index (χ1) is 10.7. The molecule has 2 aromatic carbocycles. The molecule has 1 aromatic heterocycles. The molecule has 0 unspecified atom stereocenters. The molecule has 0 atom stereocenters. The van der Waals surface area contributed by atoms with E-state index in [1.165, 1.54) is 6.07 Å². The number of carbonyl (C=O) groups is 1. The van der Waals surface area contributed by atoms with Crippen LogP contribution in [0, 0.1) is 0 Å². The summed E-state index contributed by atoms with van der Waals surface area (Å²) in [5.41, 5.74) is 1.98. The molecule has 1 heterocycles. The van der Waals surface area contributed by atoms with Crippen molar-refractivity contribution in [2.24, 2.45) is 0 Å². The molecule has 108 valence electrons. The lowest BCUT2D eigenvalue weighted by Gasteiger charge is -2.06. The van der Waals surface area contributed by atoms with Crippen LogP contribution >= 0.6 is 0 Å². The number of rotatable bonds is 3. The van der Waals surface area contributed by atoms with E-state index in [0.29, 0.717) is 11.3 Å². The SMILES string of the molecule is C=CC(=O)Oc1cccc(-c2ccc3oc(=O)ccc3c2)c1. The van der Waals surface area contributed by atoms with Gasteiger partial charge in [-0.1, -0.05) is 24.8 Å². The van der Waals surface area contributed by atoms with Gasteiger partial charge in [0.2, 0.25) is 0 Å². The Morgan fingerprint density at radius 1 is 1.05 bits per heavy atom. The molecule has 0 N–H and O–H groups in total. The van der Waals surface area contributed by atoms with Gasteiger partial charge in [0.05, 0.1) is 0 Å². The normalized spacial score (nSPS) is 10.4. The molecule has 0 spiro atoms. The van der Waals surface area contributed by atoms with Crippen molar-refractivity contribution in [1.82, 2.24) is 0 Å². The number of hydrogen-bond donors (Lipinski definition) is 0. The van der Waals surface area contributed by atoms with Crippen LogP contribution in [0.3, 0.4) is 0 Å². The van der Waals surface area contributed by atoms with Gasteiger partial charge in [-0.15, -0.1) is 0 Å². The van der Waals surface area contributed by atoms with Crippen molar-refractivity contribution in [3.63, 3.8) is 0 Å². The average Bonchev–Trinajstić information content (AvgIpc) is 2.54. The summed E-state index contributed by atoms with van der Waals surface area (Å²) in [6.45, 7) is 3.37. The monoisotopic (exact) mass is 292 g/mol. The molecular formula is C18H12O4. The van der Waals surface area contributed by atoms with E-state index >= 15 is 0 Å². The summed E-state index contributed by atoms with van der Waals surface area (Å²) in [7, 11) is 0. The molecule has 0 saturated carbocycles. The predicted octanol–water partition coefficient (Wildman–Crippen LogP) is 3.55. The van der Waals surface area contributed by atoms with Crippen molar-refractivity contribution in [2.75, 3.05) is 0 Å². The third-order valence-electron chi connectivity index (χ3n) is 3.17. The van der Waals surface area contributed by atoms with E-state index < -0.39 is 5.97 Å². The van der Waals surface area contributed by atoms with Crippen LogP contribution in [0.4, 0.5) is 0 Å². The Balaban J connectivity index is 2.01. The molecule has 0 aliphatic rings. The minimum Gasteiger partial charge on any atom is -0.423 e. The summed E-state index contributed by atoms with van der Waals surface area (Å²) in [6, 6.07) is 15.8. The Bertz CT molecular complexity index is 922. The predicted molar refractivity (Wildman–Crippen MR) is 83.8 cm³/mol. The molecular weight excluding hydrogens is 280 g/mol. The largest absolute Gasteiger partial charge is 0.423 e. The molecule has 0 bridgehead atoms. The van der Waals surface area contributed by atoms with Gasteiger partial charge in [0.25, 0.3) is 0 Å². The van der Waals surface area contributed by atoms with Gasteiger partial charge in [-0.2, -0.15) is 0 Å². The van der Waals surface area contributed by atoms with Crippen LogP contribution in [0.1, 0.15) is 0 Å². The van der Waals surface area contributed by atoms with Gasteiger partial charge in [0.15, 0.2) is 0 Å². The zero-order chi connectivity index (χ0) is 15.5. The zero-order valence-corrected chi connectivity index (χ0v) is 11.6. The number of carbonyl (C=O) groups excluding carboxylic acids is 1. The van der Waals surface area contributed by atoms with Gasteiger partial charge in [0.1, 0.15) is 11.3 Å². The summed E-state index contributed by atoms with van der Waals surface area (Å²) in [4.78, 5) is 22.4. The molecule has 0 fully saturated rings. The summed E-state index contributed by atoms with van der Waals surface area (Å²) in [6.07, 6.45) is 1.12. The second kappa shape index (κ2) is 5.69. The third kappa shape index (κ3) is 2.81. The van der Waals surface area contributed by atoms with Crippen molar-refractivity contribution >= 4 is 16.9 Å². The Kier molecular flexibility index (Phi) is 3.58. The van der Waals surface area contributed by atoms with Gasteiger partial charge < -0.3 is 9.15 Å². The highest BCUT2D eigenvalue weighted by Gasteiger charge is 2.05. The smallest absolute Gasteiger partial charge is 0.336 e. The molecule has 0 aliphatic heterocycles. The Hall–Kier alpha value is -3.14. The summed E-state index contributed by atoms with van der Waals surface area (Å²) >= 11 is 0. The minimum atomic E-state index is -0.502. The fraction of sp³-hybridized carbons (Fsp3) is 0. The average molecular weight is 292 g/mol. The van der Waals surface area contributed by atoms with Gasteiger partial charge in [-0.25, -0.2) is 9.59 Å². The van der Waals surface area contributed by atoms with Crippen molar-refractivity contribution in [3.8, 4) is 16.9 Å². The molecule has 0 amide bonds. The highest BCUT2D eigenvalue weighted by Crippen LogP contribution is 2.26. The minimum absolute atomic E-state index is 0.376. The second-order valence-corrected chi connectivity index (χ2v) is 4.66. The fourth-order valence-corrected chi connectivity index (χ4v) is 2.15. The highest BCUT2D eigenvalue weighted by molar-refractivity contribution is 5.85. The molecule has 3 aromatic rings. The molecule has 0 aliphatic carbocycles. The van der Waals surface area contributed by atoms with Crippen LogP contribution in [0.5, 0.6) is 5.75 Å². The van der Waals surface area contributed by atoms with Crippen molar-refractivity contribution < 1.29 is 13.9 Å².